The highest BCUT2D eigenvalue weighted by molar-refractivity contribution is 5.25. The van der Waals surface area contributed by atoms with E-state index in [0.717, 1.165) is 13.1 Å². The predicted octanol–water partition coefficient (Wildman–Crippen LogP) is 3.63. The van der Waals surface area contributed by atoms with Crippen molar-refractivity contribution in [2.45, 2.75) is 52.1 Å². The van der Waals surface area contributed by atoms with Crippen molar-refractivity contribution in [1.29, 1.82) is 0 Å². The monoisotopic (exact) mass is 274 g/mol. The van der Waals surface area contributed by atoms with Crippen LogP contribution in [0.2, 0.25) is 0 Å². The number of hydrogen-bond acceptors (Lipinski definition) is 2. The molecule has 2 nitrogen and oxygen atoms in total. The van der Waals surface area contributed by atoms with Gasteiger partial charge in [-0.2, -0.15) is 0 Å². The SMILES string of the molecule is CCCC1CN(CC(C)C)C(C)(c2ccccc2)CN1. The topological polar surface area (TPSA) is 15.3 Å². The molecule has 2 heteroatoms. The fourth-order valence-corrected chi connectivity index (χ4v) is 3.33. The summed E-state index contributed by atoms with van der Waals surface area (Å²) in [5.74, 6) is 0.707. The third-order valence-corrected chi connectivity index (χ3v) is 4.49. The molecule has 0 aliphatic carbocycles. The Labute approximate surface area is 124 Å². The van der Waals surface area contributed by atoms with Gasteiger partial charge in [0.25, 0.3) is 0 Å². The van der Waals surface area contributed by atoms with Crippen molar-refractivity contribution >= 4 is 0 Å². The highest BCUT2D eigenvalue weighted by Crippen LogP contribution is 2.31. The third-order valence-electron chi connectivity index (χ3n) is 4.49. The van der Waals surface area contributed by atoms with Gasteiger partial charge in [-0.3, -0.25) is 4.90 Å². The van der Waals surface area contributed by atoms with E-state index < -0.39 is 0 Å². The molecule has 1 heterocycles. The molecular weight excluding hydrogens is 244 g/mol. The van der Waals surface area contributed by atoms with Crippen LogP contribution < -0.4 is 5.32 Å². The van der Waals surface area contributed by atoms with E-state index in [4.69, 9.17) is 0 Å². The normalized spacial score (nSPS) is 27.9. The summed E-state index contributed by atoms with van der Waals surface area (Å²) in [4.78, 5) is 2.70. The average Bonchev–Trinajstić information content (AvgIpc) is 2.43. The molecule has 1 saturated heterocycles. The zero-order valence-corrected chi connectivity index (χ0v) is 13.5. The van der Waals surface area contributed by atoms with E-state index in [-0.39, 0.29) is 5.54 Å². The lowest BCUT2D eigenvalue weighted by atomic mass is 9.85. The molecule has 0 spiro atoms. The number of nitrogens with one attached hydrogen (secondary N) is 1. The summed E-state index contributed by atoms with van der Waals surface area (Å²) in [6.45, 7) is 12.7. The van der Waals surface area contributed by atoms with Gasteiger partial charge in [0.2, 0.25) is 0 Å². The molecule has 0 saturated carbocycles. The summed E-state index contributed by atoms with van der Waals surface area (Å²) in [5.41, 5.74) is 1.55. The second-order valence-corrected chi connectivity index (χ2v) is 6.81. The smallest absolute Gasteiger partial charge is 0.0558 e. The largest absolute Gasteiger partial charge is 0.311 e. The summed E-state index contributed by atoms with van der Waals surface area (Å²) in [6.07, 6.45) is 2.54. The van der Waals surface area contributed by atoms with E-state index in [2.05, 4.69) is 68.2 Å². The Balaban J connectivity index is 2.21. The van der Waals surface area contributed by atoms with Gasteiger partial charge in [-0.25, -0.2) is 0 Å². The first-order valence-corrected chi connectivity index (χ1v) is 8.10. The Morgan fingerprint density at radius 3 is 2.60 bits per heavy atom. The molecule has 2 unspecified atom stereocenters. The molecule has 0 amide bonds. The van der Waals surface area contributed by atoms with Gasteiger partial charge < -0.3 is 5.32 Å². The van der Waals surface area contributed by atoms with E-state index in [1.807, 2.05) is 0 Å². The van der Waals surface area contributed by atoms with Crippen LogP contribution in [0.1, 0.15) is 46.1 Å². The molecule has 1 N–H and O–H groups in total. The molecule has 2 atom stereocenters. The van der Waals surface area contributed by atoms with Crippen molar-refractivity contribution in [3.8, 4) is 0 Å². The summed E-state index contributed by atoms with van der Waals surface area (Å²) < 4.78 is 0. The predicted molar refractivity (Wildman–Crippen MR) is 86.9 cm³/mol. The third kappa shape index (κ3) is 3.42. The minimum absolute atomic E-state index is 0.121. The molecule has 112 valence electrons. The summed E-state index contributed by atoms with van der Waals surface area (Å²) in [5, 5.41) is 3.77. The number of benzene rings is 1. The maximum absolute atomic E-state index is 3.77. The van der Waals surface area contributed by atoms with E-state index in [9.17, 15) is 0 Å². The van der Waals surface area contributed by atoms with E-state index in [0.29, 0.717) is 12.0 Å². The molecule has 1 aromatic carbocycles. The molecule has 1 fully saturated rings. The second-order valence-electron chi connectivity index (χ2n) is 6.81. The maximum atomic E-state index is 3.77. The molecular formula is C18H30N2. The molecule has 1 aromatic rings. The lowest BCUT2D eigenvalue weighted by Crippen LogP contribution is -2.62. The Bertz CT molecular complexity index is 401. The van der Waals surface area contributed by atoms with E-state index in [1.54, 1.807) is 0 Å². The van der Waals surface area contributed by atoms with Gasteiger partial charge in [0.1, 0.15) is 0 Å². The highest BCUT2D eigenvalue weighted by Gasteiger charge is 2.38. The van der Waals surface area contributed by atoms with Crippen LogP contribution >= 0.6 is 0 Å². The molecule has 0 bridgehead atoms. The molecule has 0 aromatic heterocycles. The van der Waals surface area contributed by atoms with E-state index >= 15 is 0 Å². The first kappa shape index (κ1) is 15.5. The minimum Gasteiger partial charge on any atom is -0.311 e. The lowest BCUT2D eigenvalue weighted by Gasteiger charge is -2.49. The molecule has 1 aliphatic heterocycles. The molecule has 1 aliphatic rings. The lowest BCUT2D eigenvalue weighted by molar-refractivity contribution is 0.0372. The fourth-order valence-electron chi connectivity index (χ4n) is 3.33. The fraction of sp³-hybridized carbons (Fsp3) is 0.667. The molecule has 2 rings (SSSR count). The Morgan fingerprint density at radius 2 is 2.00 bits per heavy atom. The Kier molecular flexibility index (Phi) is 5.22. The van der Waals surface area contributed by atoms with Crippen LogP contribution in [-0.4, -0.2) is 30.6 Å². The number of rotatable bonds is 5. The average molecular weight is 274 g/mol. The summed E-state index contributed by atoms with van der Waals surface area (Å²) in [6, 6.07) is 11.6. The number of nitrogens with zero attached hydrogens (tertiary/aromatic N) is 1. The van der Waals surface area contributed by atoms with Crippen molar-refractivity contribution in [2.24, 2.45) is 5.92 Å². The van der Waals surface area contributed by atoms with Gasteiger partial charge in [0.05, 0.1) is 5.54 Å². The van der Waals surface area contributed by atoms with Crippen molar-refractivity contribution in [2.75, 3.05) is 19.6 Å². The van der Waals surface area contributed by atoms with Crippen LogP contribution in [0.3, 0.4) is 0 Å². The summed E-state index contributed by atoms with van der Waals surface area (Å²) >= 11 is 0. The van der Waals surface area contributed by atoms with Gasteiger partial charge in [-0.15, -0.1) is 0 Å². The standard InChI is InChI=1S/C18H30N2/c1-5-9-17-13-20(12-15(2)3)18(4,14-19-17)16-10-7-6-8-11-16/h6-8,10-11,15,17,19H,5,9,12-14H2,1-4H3. The van der Waals surface area contributed by atoms with Gasteiger partial charge in [0, 0.05) is 25.7 Å². The molecule has 20 heavy (non-hydrogen) atoms. The van der Waals surface area contributed by atoms with Crippen LogP contribution in [0.25, 0.3) is 0 Å². The van der Waals surface area contributed by atoms with Crippen LogP contribution in [0, 0.1) is 5.92 Å². The Morgan fingerprint density at radius 1 is 1.30 bits per heavy atom. The zero-order valence-electron chi connectivity index (χ0n) is 13.5. The number of hydrogen-bond donors (Lipinski definition) is 1. The van der Waals surface area contributed by atoms with Crippen molar-refractivity contribution in [3.05, 3.63) is 35.9 Å². The minimum atomic E-state index is 0.121. The van der Waals surface area contributed by atoms with Crippen molar-refractivity contribution in [1.82, 2.24) is 10.2 Å². The van der Waals surface area contributed by atoms with Crippen molar-refractivity contribution in [3.63, 3.8) is 0 Å². The maximum Gasteiger partial charge on any atom is 0.0558 e. The van der Waals surface area contributed by atoms with Crippen LogP contribution in [0.5, 0.6) is 0 Å². The van der Waals surface area contributed by atoms with Gasteiger partial charge in [-0.05, 0) is 24.8 Å². The van der Waals surface area contributed by atoms with Crippen molar-refractivity contribution < 1.29 is 0 Å². The van der Waals surface area contributed by atoms with Crippen LogP contribution in [0.15, 0.2) is 30.3 Å². The zero-order chi connectivity index (χ0) is 14.6. The van der Waals surface area contributed by atoms with Gasteiger partial charge in [-0.1, -0.05) is 57.5 Å². The summed E-state index contributed by atoms with van der Waals surface area (Å²) in [7, 11) is 0. The van der Waals surface area contributed by atoms with Gasteiger partial charge >= 0.3 is 0 Å². The first-order chi connectivity index (χ1) is 9.56. The second kappa shape index (κ2) is 6.73. The van der Waals surface area contributed by atoms with Crippen LogP contribution in [-0.2, 0) is 5.54 Å². The van der Waals surface area contributed by atoms with Crippen LogP contribution in [0.4, 0.5) is 0 Å². The first-order valence-electron chi connectivity index (χ1n) is 8.10. The molecule has 0 radical (unpaired) electrons. The quantitative estimate of drug-likeness (QED) is 0.882. The van der Waals surface area contributed by atoms with E-state index in [1.165, 1.54) is 24.9 Å². The number of piperazine rings is 1. The van der Waals surface area contributed by atoms with Gasteiger partial charge in [0.15, 0.2) is 0 Å². The Hall–Kier alpha value is -0.860. The highest BCUT2D eigenvalue weighted by atomic mass is 15.3.